The van der Waals surface area contributed by atoms with Crippen molar-refractivity contribution in [3.05, 3.63) is 71.5 Å². The number of fused-ring (bicyclic) bond motifs is 2. The Labute approximate surface area is 166 Å². The lowest BCUT2D eigenvalue weighted by Crippen LogP contribution is -2.48. The summed E-state index contributed by atoms with van der Waals surface area (Å²) in [5.74, 6) is 0.0801. The van der Waals surface area contributed by atoms with Crippen LogP contribution >= 0.6 is 0 Å². The van der Waals surface area contributed by atoms with Crippen molar-refractivity contribution in [3.8, 4) is 0 Å². The van der Waals surface area contributed by atoms with E-state index in [2.05, 4.69) is 32.9 Å². The van der Waals surface area contributed by atoms with Gasteiger partial charge in [-0.1, -0.05) is 62.4 Å². The molecule has 28 heavy (non-hydrogen) atoms. The van der Waals surface area contributed by atoms with Crippen LogP contribution in [0, 0.1) is 11.7 Å². The molecular formula is C24H29FO3. The van der Waals surface area contributed by atoms with Crippen molar-refractivity contribution in [1.82, 2.24) is 0 Å². The molecule has 0 N–H and O–H groups in total. The molecule has 150 valence electrons. The molecule has 2 bridgehead atoms. The van der Waals surface area contributed by atoms with E-state index < -0.39 is 5.60 Å². The Morgan fingerprint density at radius 1 is 0.964 bits per heavy atom. The third kappa shape index (κ3) is 3.49. The summed E-state index contributed by atoms with van der Waals surface area (Å²) in [7, 11) is 0. The Bertz CT molecular complexity index is 809. The summed E-state index contributed by atoms with van der Waals surface area (Å²) in [4.78, 5) is 0. The quantitative estimate of drug-likeness (QED) is 0.650. The van der Waals surface area contributed by atoms with Crippen molar-refractivity contribution in [2.75, 3.05) is 0 Å². The van der Waals surface area contributed by atoms with Gasteiger partial charge >= 0.3 is 0 Å². The van der Waals surface area contributed by atoms with Crippen LogP contribution in [-0.4, -0.2) is 23.4 Å². The molecule has 0 unspecified atom stereocenters. The lowest BCUT2D eigenvalue weighted by atomic mass is 9.73. The van der Waals surface area contributed by atoms with Crippen LogP contribution in [0.25, 0.3) is 0 Å². The highest BCUT2D eigenvalue weighted by Crippen LogP contribution is 2.56. The highest BCUT2D eigenvalue weighted by molar-refractivity contribution is 5.19. The first-order chi connectivity index (χ1) is 13.4. The van der Waals surface area contributed by atoms with Crippen LogP contribution in [0.5, 0.6) is 0 Å². The van der Waals surface area contributed by atoms with E-state index in [-0.39, 0.29) is 30.2 Å². The van der Waals surface area contributed by atoms with E-state index in [0.29, 0.717) is 18.1 Å². The minimum absolute atomic E-state index is 0.0333. The van der Waals surface area contributed by atoms with Gasteiger partial charge in [0.15, 0.2) is 0 Å². The SMILES string of the molecule is CC(C)[C@]12C[C@@H](OCc3ccccc3F)[C@](C)(C[C@@H]1OCc1ccccc1)O2. The Morgan fingerprint density at radius 2 is 1.64 bits per heavy atom. The lowest BCUT2D eigenvalue weighted by molar-refractivity contribution is -0.121. The van der Waals surface area contributed by atoms with Crippen molar-refractivity contribution in [3.63, 3.8) is 0 Å². The van der Waals surface area contributed by atoms with Crippen LogP contribution in [0.3, 0.4) is 0 Å². The zero-order chi connectivity index (χ0) is 19.8. The third-order valence-corrected chi connectivity index (χ3v) is 6.41. The number of benzene rings is 2. The Balaban J connectivity index is 1.45. The van der Waals surface area contributed by atoms with Gasteiger partial charge in [-0.05, 0) is 24.5 Å². The second kappa shape index (κ2) is 7.58. The molecule has 4 rings (SSSR count). The first-order valence-electron chi connectivity index (χ1n) is 10.1. The monoisotopic (exact) mass is 384 g/mol. The summed E-state index contributed by atoms with van der Waals surface area (Å²) >= 11 is 0. The van der Waals surface area contributed by atoms with E-state index in [0.717, 1.165) is 12.8 Å². The summed E-state index contributed by atoms with van der Waals surface area (Å²) in [6.45, 7) is 7.32. The maximum absolute atomic E-state index is 13.9. The van der Waals surface area contributed by atoms with Crippen molar-refractivity contribution in [2.45, 2.75) is 70.2 Å². The Hall–Kier alpha value is -1.75. The molecule has 0 aliphatic carbocycles. The van der Waals surface area contributed by atoms with Crippen molar-refractivity contribution in [2.24, 2.45) is 5.92 Å². The molecule has 2 aliphatic rings. The molecule has 0 saturated carbocycles. The maximum Gasteiger partial charge on any atom is 0.128 e. The van der Waals surface area contributed by atoms with Gasteiger partial charge in [-0.25, -0.2) is 4.39 Å². The average Bonchev–Trinajstić information content (AvgIpc) is 3.15. The molecule has 4 atom stereocenters. The predicted molar refractivity (Wildman–Crippen MR) is 106 cm³/mol. The molecule has 3 nitrogen and oxygen atoms in total. The van der Waals surface area contributed by atoms with E-state index in [1.165, 1.54) is 11.6 Å². The molecule has 0 aromatic heterocycles. The smallest absolute Gasteiger partial charge is 0.128 e. The molecule has 2 aromatic carbocycles. The zero-order valence-corrected chi connectivity index (χ0v) is 16.9. The molecule has 2 heterocycles. The summed E-state index contributed by atoms with van der Waals surface area (Å²) in [5.41, 5.74) is 0.992. The Kier molecular flexibility index (Phi) is 5.30. The van der Waals surface area contributed by atoms with Crippen molar-refractivity contribution in [1.29, 1.82) is 0 Å². The van der Waals surface area contributed by atoms with E-state index in [1.54, 1.807) is 12.1 Å². The van der Waals surface area contributed by atoms with Gasteiger partial charge in [0.05, 0.1) is 31.0 Å². The summed E-state index contributed by atoms with van der Waals surface area (Å²) < 4.78 is 33.1. The third-order valence-electron chi connectivity index (χ3n) is 6.41. The fourth-order valence-electron chi connectivity index (χ4n) is 4.70. The summed E-state index contributed by atoms with van der Waals surface area (Å²) in [6.07, 6.45) is 1.53. The van der Waals surface area contributed by atoms with Crippen LogP contribution in [0.15, 0.2) is 54.6 Å². The molecule has 2 saturated heterocycles. The van der Waals surface area contributed by atoms with E-state index >= 15 is 0 Å². The largest absolute Gasteiger partial charge is 0.370 e. The molecule has 0 radical (unpaired) electrons. The van der Waals surface area contributed by atoms with E-state index in [1.807, 2.05) is 24.3 Å². The van der Waals surface area contributed by atoms with Crippen LogP contribution in [-0.2, 0) is 27.4 Å². The first kappa shape index (κ1) is 19.6. The number of halogens is 1. The lowest BCUT2D eigenvalue weighted by Gasteiger charge is -2.38. The average molecular weight is 384 g/mol. The first-order valence-corrected chi connectivity index (χ1v) is 10.1. The molecular weight excluding hydrogens is 355 g/mol. The van der Waals surface area contributed by atoms with Crippen LogP contribution in [0.2, 0.25) is 0 Å². The van der Waals surface area contributed by atoms with E-state index in [4.69, 9.17) is 14.2 Å². The molecule has 2 aromatic rings. The highest BCUT2D eigenvalue weighted by Gasteiger charge is 2.66. The van der Waals surface area contributed by atoms with Crippen molar-refractivity contribution < 1.29 is 18.6 Å². The minimum atomic E-state index is -0.406. The summed E-state index contributed by atoms with van der Waals surface area (Å²) in [5, 5.41) is 0. The van der Waals surface area contributed by atoms with Crippen LogP contribution in [0.4, 0.5) is 4.39 Å². The van der Waals surface area contributed by atoms with Gasteiger partial charge < -0.3 is 14.2 Å². The minimum Gasteiger partial charge on any atom is -0.370 e. The van der Waals surface area contributed by atoms with Gasteiger partial charge in [0, 0.05) is 18.4 Å². The second-order valence-corrected chi connectivity index (χ2v) is 8.61. The van der Waals surface area contributed by atoms with Gasteiger partial charge in [-0.15, -0.1) is 0 Å². The standard InChI is InChI=1S/C24H29FO3/c1-17(2)24-14-21(27-16-19-11-7-8-12-20(19)25)23(3,28-24)13-22(24)26-15-18-9-5-4-6-10-18/h4-12,17,21-22H,13-16H2,1-3H3/t21-,22+,23+,24-/m1/s1. The molecule has 2 fully saturated rings. The van der Waals surface area contributed by atoms with Crippen LogP contribution < -0.4 is 0 Å². The fourth-order valence-corrected chi connectivity index (χ4v) is 4.70. The van der Waals surface area contributed by atoms with Gasteiger partial charge in [0.1, 0.15) is 11.4 Å². The second-order valence-electron chi connectivity index (χ2n) is 8.61. The molecule has 0 amide bonds. The maximum atomic E-state index is 13.9. The fraction of sp³-hybridized carbons (Fsp3) is 0.500. The molecule has 4 heteroatoms. The topological polar surface area (TPSA) is 27.7 Å². The van der Waals surface area contributed by atoms with Gasteiger partial charge in [-0.3, -0.25) is 0 Å². The van der Waals surface area contributed by atoms with Gasteiger partial charge in [0.25, 0.3) is 0 Å². The number of ether oxygens (including phenoxy) is 3. The number of hydrogen-bond acceptors (Lipinski definition) is 3. The predicted octanol–water partition coefficient (Wildman–Crippen LogP) is 5.27. The zero-order valence-electron chi connectivity index (χ0n) is 16.9. The van der Waals surface area contributed by atoms with Crippen molar-refractivity contribution >= 4 is 0 Å². The number of rotatable bonds is 7. The van der Waals surface area contributed by atoms with E-state index in [9.17, 15) is 4.39 Å². The van der Waals surface area contributed by atoms with Gasteiger partial charge in [-0.2, -0.15) is 0 Å². The molecule has 2 aliphatic heterocycles. The highest BCUT2D eigenvalue weighted by atomic mass is 19.1. The summed E-state index contributed by atoms with van der Waals surface area (Å²) in [6, 6.07) is 17.0. The van der Waals surface area contributed by atoms with Crippen LogP contribution in [0.1, 0.15) is 44.7 Å². The molecule has 0 spiro atoms. The Morgan fingerprint density at radius 3 is 2.36 bits per heavy atom. The normalized spacial score (nSPS) is 31.6. The number of hydrogen-bond donors (Lipinski definition) is 0. The van der Waals surface area contributed by atoms with Gasteiger partial charge in [0.2, 0.25) is 0 Å².